The van der Waals surface area contributed by atoms with Crippen LogP contribution < -0.4 is 5.32 Å². The van der Waals surface area contributed by atoms with Crippen LogP contribution in [0.5, 0.6) is 0 Å². The van der Waals surface area contributed by atoms with Crippen LogP contribution >= 0.6 is 11.3 Å². The van der Waals surface area contributed by atoms with E-state index in [-0.39, 0.29) is 0 Å². The minimum atomic E-state index is 0.384. The SMILES string of the molecule is O=C(CCNC1CC1)CCc1ccsc1. The number of aryl methyl sites for hydroxylation is 1. The molecule has 3 heteroatoms. The van der Waals surface area contributed by atoms with Crippen LogP contribution in [0.15, 0.2) is 16.8 Å². The number of carbonyl (C=O) groups is 1. The van der Waals surface area contributed by atoms with Crippen molar-refractivity contribution in [2.45, 2.75) is 38.1 Å². The van der Waals surface area contributed by atoms with E-state index in [0.717, 1.165) is 19.0 Å². The molecule has 1 heterocycles. The molecule has 0 aromatic carbocycles. The first-order chi connectivity index (χ1) is 7.34. The van der Waals surface area contributed by atoms with E-state index >= 15 is 0 Å². The van der Waals surface area contributed by atoms with Gasteiger partial charge in [0.1, 0.15) is 5.78 Å². The zero-order chi connectivity index (χ0) is 10.5. The normalized spacial score (nSPS) is 15.5. The van der Waals surface area contributed by atoms with Crippen molar-refractivity contribution in [3.8, 4) is 0 Å². The highest BCUT2D eigenvalue weighted by molar-refractivity contribution is 7.07. The zero-order valence-electron chi connectivity index (χ0n) is 8.87. The predicted molar refractivity (Wildman–Crippen MR) is 63.3 cm³/mol. The second-order valence-corrected chi connectivity index (χ2v) is 4.93. The minimum absolute atomic E-state index is 0.384. The molecule has 1 fully saturated rings. The van der Waals surface area contributed by atoms with Gasteiger partial charge in [0.2, 0.25) is 0 Å². The minimum Gasteiger partial charge on any atom is -0.314 e. The van der Waals surface area contributed by atoms with Gasteiger partial charge in [0.15, 0.2) is 0 Å². The molecule has 2 rings (SSSR count). The molecule has 0 amide bonds. The Kier molecular flexibility index (Phi) is 3.92. The molecule has 1 aliphatic carbocycles. The van der Waals surface area contributed by atoms with E-state index in [9.17, 15) is 4.79 Å². The Morgan fingerprint density at radius 3 is 3.00 bits per heavy atom. The molecule has 0 aliphatic heterocycles. The molecule has 1 saturated carbocycles. The molecule has 1 N–H and O–H groups in total. The van der Waals surface area contributed by atoms with Crippen molar-refractivity contribution in [1.29, 1.82) is 0 Å². The molecule has 1 aromatic rings. The van der Waals surface area contributed by atoms with Gasteiger partial charge in [-0.3, -0.25) is 4.79 Å². The van der Waals surface area contributed by atoms with E-state index in [1.165, 1.54) is 18.4 Å². The Labute approximate surface area is 94.7 Å². The van der Waals surface area contributed by atoms with Gasteiger partial charge in [0.25, 0.3) is 0 Å². The molecule has 0 radical (unpaired) electrons. The van der Waals surface area contributed by atoms with Crippen molar-refractivity contribution in [2.75, 3.05) is 6.54 Å². The number of thiophene rings is 1. The van der Waals surface area contributed by atoms with Gasteiger partial charge >= 0.3 is 0 Å². The van der Waals surface area contributed by atoms with Crippen LogP contribution in [0.1, 0.15) is 31.2 Å². The summed E-state index contributed by atoms with van der Waals surface area (Å²) in [5, 5.41) is 7.55. The highest BCUT2D eigenvalue weighted by Crippen LogP contribution is 2.18. The first-order valence-corrected chi connectivity index (χ1v) is 6.55. The maximum absolute atomic E-state index is 11.5. The highest BCUT2D eigenvalue weighted by Gasteiger charge is 2.19. The van der Waals surface area contributed by atoms with Gasteiger partial charge in [-0.25, -0.2) is 0 Å². The van der Waals surface area contributed by atoms with E-state index in [4.69, 9.17) is 0 Å². The maximum Gasteiger partial charge on any atom is 0.134 e. The van der Waals surface area contributed by atoms with Crippen molar-refractivity contribution in [2.24, 2.45) is 0 Å². The fourth-order valence-electron chi connectivity index (χ4n) is 1.55. The zero-order valence-corrected chi connectivity index (χ0v) is 9.69. The first kappa shape index (κ1) is 10.8. The smallest absolute Gasteiger partial charge is 0.134 e. The number of hydrogen-bond acceptors (Lipinski definition) is 3. The molecule has 15 heavy (non-hydrogen) atoms. The summed E-state index contributed by atoms with van der Waals surface area (Å²) in [5.41, 5.74) is 1.29. The van der Waals surface area contributed by atoms with E-state index in [2.05, 4.69) is 22.1 Å². The topological polar surface area (TPSA) is 29.1 Å². The largest absolute Gasteiger partial charge is 0.314 e. The predicted octanol–water partition coefficient (Wildman–Crippen LogP) is 2.39. The third-order valence-corrected chi connectivity index (χ3v) is 3.42. The van der Waals surface area contributed by atoms with Crippen LogP contribution in [-0.2, 0) is 11.2 Å². The van der Waals surface area contributed by atoms with Crippen LogP contribution in [0, 0.1) is 0 Å². The molecule has 82 valence electrons. The van der Waals surface area contributed by atoms with Crippen LogP contribution in [0.3, 0.4) is 0 Å². The lowest BCUT2D eigenvalue weighted by Crippen LogP contribution is -2.20. The standard InChI is InChI=1S/C12H17NOS/c14-12(5-7-13-11-2-3-11)4-1-10-6-8-15-9-10/h6,8-9,11,13H,1-5,7H2. The van der Waals surface area contributed by atoms with E-state index in [1.807, 2.05) is 0 Å². The van der Waals surface area contributed by atoms with Gasteiger partial charge < -0.3 is 5.32 Å². The van der Waals surface area contributed by atoms with Crippen molar-refractivity contribution >= 4 is 17.1 Å². The quantitative estimate of drug-likeness (QED) is 0.769. The fourth-order valence-corrected chi connectivity index (χ4v) is 2.25. The molecular weight excluding hydrogens is 206 g/mol. The Morgan fingerprint density at radius 1 is 1.47 bits per heavy atom. The van der Waals surface area contributed by atoms with Gasteiger partial charge in [0, 0.05) is 25.4 Å². The number of ketones is 1. The number of rotatable bonds is 7. The van der Waals surface area contributed by atoms with Gasteiger partial charge in [-0.15, -0.1) is 0 Å². The maximum atomic E-state index is 11.5. The second-order valence-electron chi connectivity index (χ2n) is 4.15. The molecule has 2 nitrogen and oxygen atoms in total. The summed E-state index contributed by atoms with van der Waals surface area (Å²) < 4.78 is 0. The molecular formula is C12H17NOS. The van der Waals surface area contributed by atoms with Crippen LogP contribution in [-0.4, -0.2) is 18.4 Å². The summed E-state index contributed by atoms with van der Waals surface area (Å²) in [4.78, 5) is 11.5. The Morgan fingerprint density at radius 2 is 2.33 bits per heavy atom. The van der Waals surface area contributed by atoms with Gasteiger partial charge in [-0.1, -0.05) is 0 Å². The Bertz CT molecular complexity index is 303. The number of carbonyl (C=O) groups excluding carboxylic acids is 1. The summed E-state index contributed by atoms with van der Waals surface area (Å²) in [6.45, 7) is 0.868. The summed E-state index contributed by atoms with van der Waals surface area (Å²) in [6, 6.07) is 2.81. The molecule has 0 atom stereocenters. The molecule has 1 aromatic heterocycles. The van der Waals surface area contributed by atoms with E-state index in [1.54, 1.807) is 11.3 Å². The summed E-state index contributed by atoms with van der Waals surface area (Å²) in [5.74, 6) is 0.384. The number of Topliss-reactive ketones (excluding diaryl/α,β-unsaturated/α-hetero) is 1. The van der Waals surface area contributed by atoms with Crippen LogP contribution in [0.2, 0.25) is 0 Å². The average molecular weight is 223 g/mol. The van der Waals surface area contributed by atoms with Crippen molar-refractivity contribution in [3.05, 3.63) is 22.4 Å². The molecule has 0 unspecified atom stereocenters. The van der Waals surface area contributed by atoms with Gasteiger partial charge in [-0.2, -0.15) is 11.3 Å². The molecule has 0 spiro atoms. The van der Waals surface area contributed by atoms with Crippen molar-refractivity contribution in [1.82, 2.24) is 5.32 Å². The summed E-state index contributed by atoms with van der Waals surface area (Å²) >= 11 is 1.70. The first-order valence-electron chi connectivity index (χ1n) is 5.61. The average Bonchev–Trinajstić information content (AvgIpc) is 2.91. The van der Waals surface area contributed by atoms with Crippen LogP contribution in [0.4, 0.5) is 0 Å². The monoisotopic (exact) mass is 223 g/mol. The second kappa shape index (κ2) is 5.42. The van der Waals surface area contributed by atoms with Gasteiger partial charge in [-0.05, 0) is 41.7 Å². The fraction of sp³-hybridized carbons (Fsp3) is 0.583. The molecule has 1 aliphatic rings. The van der Waals surface area contributed by atoms with E-state index < -0.39 is 0 Å². The highest BCUT2D eigenvalue weighted by atomic mass is 32.1. The third kappa shape index (κ3) is 4.14. The van der Waals surface area contributed by atoms with Gasteiger partial charge in [0.05, 0.1) is 0 Å². The van der Waals surface area contributed by atoms with E-state index in [0.29, 0.717) is 18.6 Å². The number of hydrogen-bond donors (Lipinski definition) is 1. The summed E-state index contributed by atoms with van der Waals surface area (Å²) in [6.07, 6.45) is 4.89. The Balaban J connectivity index is 1.55. The molecule has 0 bridgehead atoms. The van der Waals surface area contributed by atoms with Crippen LogP contribution in [0.25, 0.3) is 0 Å². The number of nitrogens with one attached hydrogen (secondary N) is 1. The third-order valence-electron chi connectivity index (χ3n) is 2.69. The van der Waals surface area contributed by atoms with Crippen molar-refractivity contribution < 1.29 is 4.79 Å². The Hall–Kier alpha value is -0.670. The lowest BCUT2D eigenvalue weighted by molar-refractivity contribution is -0.118. The molecule has 0 saturated heterocycles. The van der Waals surface area contributed by atoms with Crippen molar-refractivity contribution in [3.63, 3.8) is 0 Å². The summed E-state index contributed by atoms with van der Waals surface area (Å²) in [7, 11) is 0. The lowest BCUT2D eigenvalue weighted by Gasteiger charge is -2.01. The lowest BCUT2D eigenvalue weighted by atomic mass is 10.1.